The Balaban J connectivity index is 2.35. The second-order valence-electron chi connectivity index (χ2n) is 3.39. The first kappa shape index (κ1) is 14.6. The predicted octanol–water partition coefficient (Wildman–Crippen LogP) is 0.337. The number of ether oxygens (including phenoxy) is 1. The molecule has 0 spiro atoms. The van der Waals surface area contributed by atoms with Crippen LogP contribution in [0.5, 0.6) is 0 Å². The van der Waals surface area contributed by atoms with Gasteiger partial charge in [-0.2, -0.15) is 0 Å². The maximum absolute atomic E-state index is 11.7. The zero-order valence-electron chi connectivity index (χ0n) is 9.90. The fourth-order valence-corrected chi connectivity index (χ4v) is 1.53. The molecule has 7 heteroatoms. The van der Waals surface area contributed by atoms with E-state index in [0.717, 1.165) is 0 Å². The van der Waals surface area contributed by atoms with Crippen LogP contribution >= 0.6 is 15.9 Å². The zero-order valence-corrected chi connectivity index (χ0v) is 11.5. The number of rotatable bonds is 6. The SMILES string of the molecule is COCCNC(=O)CNC(=O)c1ccnc(Br)c1. The van der Waals surface area contributed by atoms with Gasteiger partial charge in [0.2, 0.25) is 5.91 Å². The lowest BCUT2D eigenvalue weighted by molar-refractivity contribution is -0.120. The van der Waals surface area contributed by atoms with E-state index in [1.807, 2.05) is 0 Å². The topological polar surface area (TPSA) is 80.3 Å². The molecule has 2 N–H and O–H groups in total. The molecule has 0 fully saturated rings. The highest BCUT2D eigenvalue weighted by atomic mass is 79.9. The molecule has 0 aliphatic carbocycles. The number of methoxy groups -OCH3 is 1. The Morgan fingerprint density at radius 3 is 2.89 bits per heavy atom. The highest BCUT2D eigenvalue weighted by Gasteiger charge is 2.08. The van der Waals surface area contributed by atoms with Gasteiger partial charge in [-0.05, 0) is 28.1 Å². The minimum Gasteiger partial charge on any atom is -0.383 e. The van der Waals surface area contributed by atoms with Crippen LogP contribution in [0.3, 0.4) is 0 Å². The number of halogens is 1. The Kier molecular flexibility index (Phi) is 6.31. The van der Waals surface area contributed by atoms with Crippen molar-refractivity contribution in [2.24, 2.45) is 0 Å². The Morgan fingerprint density at radius 1 is 1.44 bits per heavy atom. The van der Waals surface area contributed by atoms with E-state index in [1.165, 1.54) is 6.20 Å². The summed E-state index contributed by atoms with van der Waals surface area (Å²) in [6.45, 7) is 0.797. The highest BCUT2D eigenvalue weighted by Crippen LogP contribution is 2.07. The summed E-state index contributed by atoms with van der Waals surface area (Å²) in [6, 6.07) is 3.15. The monoisotopic (exact) mass is 315 g/mol. The normalized spacial score (nSPS) is 9.89. The summed E-state index contributed by atoms with van der Waals surface area (Å²) in [4.78, 5) is 26.9. The van der Waals surface area contributed by atoms with Crippen LogP contribution in [0, 0.1) is 0 Å². The van der Waals surface area contributed by atoms with Gasteiger partial charge in [-0.3, -0.25) is 9.59 Å². The lowest BCUT2D eigenvalue weighted by atomic mass is 10.2. The number of amides is 2. The Hall–Kier alpha value is -1.47. The van der Waals surface area contributed by atoms with Gasteiger partial charge >= 0.3 is 0 Å². The molecule has 1 aromatic heterocycles. The van der Waals surface area contributed by atoms with Crippen LogP contribution in [0.4, 0.5) is 0 Å². The van der Waals surface area contributed by atoms with Crippen molar-refractivity contribution in [2.45, 2.75) is 0 Å². The molecule has 0 radical (unpaired) electrons. The molecule has 0 unspecified atom stereocenters. The molecule has 18 heavy (non-hydrogen) atoms. The minimum atomic E-state index is -0.319. The molecule has 0 aliphatic rings. The minimum absolute atomic E-state index is 0.0670. The highest BCUT2D eigenvalue weighted by molar-refractivity contribution is 9.10. The van der Waals surface area contributed by atoms with E-state index in [-0.39, 0.29) is 18.4 Å². The molecule has 0 aliphatic heterocycles. The summed E-state index contributed by atoms with van der Waals surface area (Å²) in [6.07, 6.45) is 1.51. The number of carbonyl (C=O) groups is 2. The third kappa shape index (κ3) is 5.24. The Bertz CT molecular complexity index is 426. The Labute approximate surface area is 113 Å². The largest absolute Gasteiger partial charge is 0.383 e. The van der Waals surface area contributed by atoms with Crippen molar-refractivity contribution in [3.05, 3.63) is 28.5 Å². The maximum Gasteiger partial charge on any atom is 0.251 e. The van der Waals surface area contributed by atoms with Gasteiger partial charge in [-0.15, -0.1) is 0 Å². The lowest BCUT2D eigenvalue weighted by Crippen LogP contribution is -2.38. The zero-order chi connectivity index (χ0) is 13.4. The second-order valence-corrected chi connectivity index (χ2v) is 4.21. The molecule has 0 aromatic carbocycles. The van der Waals surface area contributed by atoms with E-state index in [9.17, 15) is 9.59 Å². The molecule has 1 rings (SSSR count). The number of hydrogen-bond acceptors (Lipinski definition) is 4. The summed E-state index contributed by atoms with van der Waals surface area (Å²) in [7, 11) is 1.55. The van der Waals surface area contributed by atoms with Crippen molar-refractivity contribution in [3.8, 4) is 0 Å². The summed E-state index contributed by atoms with van der Waals surface area (Å²) in [5.74, 6) is -0.575. The summed E-state index contributed by atoms with van der Waals surface area (Å²) < 4.78 is 5.36. The predicted molar refractivity (Wildman–Crippen MR) is 69.2 cm³/mol. The molecule has 0 bridgehead atoms. The van der Waals surface area contributed by atoms with Crippen LogP contribution in [0.15, 0.2) is 22.9 Å². The molecular formula is C11H14BrN3O3. The van der Waals surface area contributed by atoms with Gasteiger partial charge < -0.3 is 15.4 Å². The smallest absolute Gasteiger partial charge is 0.251 e. The first-order chi connectivity index (χ1) is 8.63. The molecule has 0 saturated carbocycles. The summed E-state index contributed by atoms with van der Waals surface area (Å²) >= 11 is 3.17. The van der Waals surface area contributed by atoms with Gasteiger partial charge in [-0.25, -0.2) is 4.98 Å². The fourth-order valence-electron chi connectivity index (χ4n) is 1.16. The lowest BCUT2D eigenvalue weighted by Gasteiger charge is -2.06. The molecule has 0 atom stereocenters. The van der Waals surface area contributed by atoms with Crippen LogP contribution < -0.4 is 10.6 Å². The molecule has 0 saturated heterocycles. The number of nitrogens with one attached hydrogen (secondary N) is 2. The number of hydrogen-bond donors (Lipinski definition) is 2. The maximum atomic E-state index is 11.7. The first-order valence-corrected chi connectivity index (χ1v) is 6.08. The van der Waals surface area contributed by atoms with Crippen LogP contribution in [0.2, 0.25) is 0 Å². The second kappa shape index (κ2) is 7.78. The fraction of sp³-hybridized carbons (Fsp3) is 0.364. The van der Waals surface area contributed by atoms with Crippen molar-refractivity contribution in [3.63, 3.8) is 0 Å². The third-order valence-corrected chi connectivity index (χ3v) is 2.46. The first-order valence-electron chi connectivity index (χ1n) is 5.29. The Morgan fingerprint density at radius 2 is 2.22 bits per heavy atom. The van der Waals surface area contributed by atoms with Gasteiger partial charge in [0.1, 0.15) is 4.60 Å². The van der Waals surface area contributed by atoms with Gasteiger partial charge in [0.15, 0.2) is 0 Å². The van der Waals surface area contributed by atoms with Gasteiger partial charge in [0, 0.05) is 25.4 Å². The standard InChI is InChI=1S/C11H14BrN3O3/c1-18-5-4-14-10(16)7-15-11(17)8-2-3-13-9(12)6-8/h2-3,6H,4-5,7H2,1H3,(H,14,16)(H,15,17). The number of pyridine rings is 1. The molecule has 2 amide bonds. The van der Waals surface area contributed by atoms with Crippen molar-refractivity contribution in [1.82, 2.24) is 15.6 Å². The van der Waals surface area contributed by atoms with E-state index in [2.05, 4.69) is 31.5 Å². The van der Waals surface area contributed by atoms with Crippen LogP contribution in [0.25, 0.3) is 0 Å². The molecule has 1 aromatic rings. The molecule has 6 nitrogen and oxygen atoms in total. The van der Waals surface area contributed by atoms with Crippen molar-refractivity contribution < 1.29 is 14.3 Å². The van der Waals surface area contributed by atoms with Crippen LogP contribution in [-0.4, -0.2) is 43.6 Å². The number of carbonyl (C=O) groups excluding carboxylic acids is 2. The molecular weight excluding hydrogens is 302 g/mol. The van der Waals surface area contributed by atoms with E-state index >= 15 is 0 Å². The average Bonchev–Trinajstić information content (AvgIpc) is 2.36. The van der Waals surface area contributed by atoms with E-state index < -0.39 is 0 Å². The quantitative estimate of drug-likeness (QED) is 0.586. The van der Waals surface area contributed by atoms with Crippen LogP contribution in [-0.2, 0) is 9.53 Å². The van der Waals surface area contributed by atoms with E-state index in [0.29, 0.717) is 23.3 Å². The van der Waals surface area contributed by atoms with Gasteiger partial charge in [-0.1, -0.05) is 0 Å². The van der Waals surface area contributed by atoms with Gasteiger partial charge in [0.05, 0.1) is 13.2 Å². The number of nitrogens with zero attached hydrogens (tertiary/aromatic N) is 1. The average molecular weight is 316 g/mol. The van der Waals surface area contributed by atoms with Crippen molar-refractivity contribution in [2.75, 3.05) is 26.8 Å². The molecule has 98 valence electrons. The van der Waals surface area contributed by atoms with Crippen molar-refractivity contribution >= 4 is 27.7 Å². The van der Waals surface area contributed by atoms with Crippen LogP contribution in [0.1, 0.15) is 10.4 Å². The summed E-state index contributed by atoms with van der Waals surface area (Å²) in [5.41, 5.74) is 0.446. The number of aromatic nitrogens is 1. The van der Waals surface area contributed by atoms with Crippen molar-refractivity contribution in [1.29, 1.82) is 0 Å². The van der Waals surface area contributed by atoms with E-state index in [4.69, 9.17) is 4.74 Å². The van der Waals surface area contributed by atoms with Gasteiger partial charge in [0.25, 0.3) is 5.91 Å². The molecule has 1 heterocycles. The third-order valence-electron chi connectivity index (χ3n) is 2.03. The van der Waals surface area contributed by atoms with E-state index in [1.54, 1.807) is 19.2 Å². The summed E-state index contributed by atoms with van der Waals surface area (Å²) in [5, 5.41) is 5.11.